The third-order valence-electron chi connectivity index (χ3n) is 5.27. The molecular formula is C25H23N5O2S2. The lowest BCUT2D eigenvalue weighted by Gasteiger charge is -2.28. The van der Waals surface area contributed by atoms with Gasteiger partial charge >= 0.3 is 0 Å². The Morgan fingerprint density at radius 3 is 2.68 bits per heavy atom. The fourth-order valence-corrected chi connectivity index (χ4v) is 5.27. The Morgan fingerprint density at radius 1 is 1.06 bits per heavy atom. The van der Waals surface area contributed by atoms with Crippen molar-refractivity contribution >= 4 is 62.2 Å². The van der Waals surface area contributed by atoms with Crippen molar-refractivity contribution in [1.82, 2.24) is 9.97 Å². The highest BCUT2D eigenvalue weighted by molar-refractivity contribution is 7.99. The zero-order chi connectivity index (χ0) is 23.3. The zero-order valence-electron chi connectivity index (χ0n) is 18.4. The van der Waals surface area contributed by atoms with Crippen LogP contribution in [0, 0.1) is 0 Å². The van der Waals surface area contributed by atoms with Crippen LogP contribution in [0.4, 0.5) is 23.0 Å². The van der Waals surface area contributed by atoms with Gasteiger partial charge in [0.2, 0.25) is 17.7 Å². The maximum Gasteiger partial charge on any atom is 0.247 e. The molecular weight excluding hydrogens is 466 g/mol. The van der Waals surface area contributed by atoms with E-state index in [1.807, 2.05) is 47.5 Å². The minimum Gasteiger partial charge on any atom is -0.437 e. The molecule has 1 amide bonds. The number of hydrogen-bond donors (Lipinski definition) is 2. The lowest BCUT2D eigenvalue weighted by molar-refractivity contribution is -0.111. The molecule has 1 aliphatic heterocycles. The van der Waals surface area contributed by atoms with Gasteiger partial charge in [-0.3, -0.25) is 4.79 Å². The number of nitrogens with one attached hydrogen (secondary N) is 2. The van der Waals surface area contributed by atoms with E-state index in [0.29, 0.717) is 23.3 Å². The van der Waals surface area contributed by atoms with Gasteiger partial charge in [0.15, 0.2) is 0 Å². The van der Waals surface area contributed by atoms with Gasteiger partial charge in [0, 0.05) is 47.7 Å². The second-order valence-corrected chi connectivity index (χ2v) is 9.72. The smallest absolute Gasteiger partial charge is 0.247 e. The number of hydrogen-bond acceptors (Lipinski definition) is 8. The first-order valence-electron chi connectivity index (χ1n) is 10.8. The highest BCUT2D eigenvalue weighted by atomic mass is 32.2. The number of anilines is 4. The molecule has 1 fully saturated rings. The lowest BCUT2D eigenvalue weighted by atomic mass is 10.2. The van der Waals surface area contributed by atoms with E-state index in [-0.39, 0.29) is 5.91 Å². The van der Waals surface area contributed by atoms with E-state index in [4.69, 9.17) is 4.74 Å². The molecule has 2 aromatic heterocycles. The van der Waals surface area contributed by atoms with Crippen molar-refractivity contribution in [2.75, 3.05) is 40.1 Å². The summed E-state index contributed by atoms with van der Waals surface area (Å²) in [5.74, 6) is 3.53. The number of benzene rings is 2. The van der Waals surface area contributed by atoms with Crippen molar-refractivity contribution in [3.63, 3.8) is 0 Å². The summed E-state index contributed by atoms with van der Waals surface area (Å²) >= 11 is 3.52. The maximum atomic E-state index is 11.6. The monoisotopic (exact) mass is 489 g/mol. The number of fused-ring (bicyclic) bond motifs is 1. The number of rotatable bonds is 7. The first kappa shape index (κ1) is 22.2. The van der Waals surface area contributed by atoms with Crippen molar-refractivity contribution < 1.29 is 9.53 Å². The van der Waals surface area contributed by atoms with Crippen LogP contribution in [0.1, 0.15) is 0 Å². The van der Waals surface area contributed by atoms with Crippen LogP contribution < -0.4 is 20.3 Å². The number of nitrogens with zero attached hydrogens (tertiary/aromatic N) is 3. The highest BCUT2D eigenvalue weighted by Crippen LogP contribution is 2.34. The molecule has 2 aromatic carbocycles. The van der Waals surface area contributed by atoms with Gasteiger partial charge in [0.1, 0.15) is 10.4 Å². The maximum absolute atomic E-state index is 11.6. The summed E-state index contributed by atoms with van der Waals surface area (Å²) in [5, 5.41) is 8.00. The predicted molar refractivity (Wildman–Crippen MR) is 142 cm³/mol. The van der Waals surface area contributed by atoms with E-state index in [2.05, 4.69) is 44.2 Å². The molecule has 0 atom stereocenters. The van der Waals surface area contributed by atoms with E-state index < -0.39 is 0 Å². The van der Waals surface area contributed by atoms with E-state index in [1.165, 1.54) is 34.6 Å². The molecule has 2 N–H and O–H groups in total. The molecule has 0 radical (unpaired) electrons. The van der Waals surface area contributed by atoms with Crippen LogP contribution in [-0.2, 0) is 4.79 Å². The van der Waals surface area contributed by atoms with Crippen molar-refractivity contribution in [2.45, 2.75) is 0 Å². The summed E-state index contributed by atoms with van der Waals surface area (Å²) < 4.78 is 6.97. The number of ether oxygens (including phenoxy) is 1. The number of thioether (sulfide) groups is 1. The Bertz CT molecular complexity index is 1320. The summed E-state index contributed by atoms with van der Waals surface area (Å²) in [7, 11) is 0. The topological polar surface area (TPSA) is 79.4 Å². The lowest BCUT2D eigenvalue weighted by Crippen LogP contribution is -2.32. The Morgan fingerprint density at radius 2 is 1.88 bits per heavy atom. The second-order valence-electron chi connectivity index (χ2n) is 7.58. The summed E-state index contributed by atoms with van der Waals surface area (Å²) in [6.45, 7) is 5.63. The minimum atomic E-state index is -0.281. The SMILES string of the molecule is C=CC(=O)Nc1cccc(Oc2nc(Nc3ccc(N4CCSCC4)cc3)nc3ccsc23)c1. The highest BCUT2D eigenvalue weighted by Gasteiger charge is 2.14. The molecule has 0 unspecified atom stereocenters. The van der Waals surface area contributed by atoms with E-state index in [1.54, 1.807) is 12.1 Å². The van der Waals surface area contributed by atoms with E-state index in [0.717, 1.165) is 29.0 Å². The fraction of sp³-hybridized carbons (Fsp3) is 0.160. The normalized spacial score (nSPS) is 13.5. The quantitative estimate of drug-likeness (QED) is 0.313. The standard InChI is InChI=1S/C25H23N5O2S2/c1-2-22(31)26-18-4-3-5-20(16-18)32-24-23-21(10-13-34-23)28-25(29-24)27-17-6-8-19(9-7-17)30-11-14-33-15-12-30/h2-10,13,16H,1,11-12,14-15H2,(H,26,31)(H,27,28,29). The summed E-state index contributed by atoms with van der Waals surface area (Å²) in [5.41, 5.74) is 3.55. The molecule has 0 aliphatic carbocycles. The van der Waals surface area contributed by atoms with Crippen LogP contribution in [-0.4, -0.2) is 40.5 Å². The van der Waals surface area contributed by atoms with Gasteiger partial charge in [0.05, 0.1) is 5.52 Å². The van der Waals surface area contributed by atoms with Gasteiger partial charge in [-0.15, -0.1) is 11.3 Å². The third-order valence-corrected chi connectivity index (χ3v) is 7.11. The molecule has 1 saturated heterocycles. The Hall–Kier alpha value is -3.56. The van der Waals surface area contributed by atoms with Crippen LogP contribution in [0.3, 0.4) is 0 Å². The number of amides is 1. The van der Waals surface area contributed by atoms with Crippen molar-refractivity contribution in [2.24, 2.45) is 0 Å². The number of carbonyl (C=O) groups is 1. The Kier molecular flexibility index (Phi) is 6.64. The van der Waals surface area contributed by atoms with Crippen molar-refractivity contribution in [1.29, 1.82) is 0 Å². The molecule has 1 aliphatic rings. The fourth-order valence-electron chi connectivity index (χ4n) is 3.61. The zero-order valence-corrected chi connectivity index (χ0v) is 20.0. The molecule has 9 heteroatoms. The van der Waals surface area contributed by atoms with Crippen LogP contribution in [0.25, 0.3) is 10.2 Å². The van der Waals surface area contributed by atoms with Crippen LogP contribution in [0.2, 0.25) is 0 Å². The van der Waals surface area contributed by atoms with Crippen molar-refractivity contribution in [3.8, 4) is 11.6 Å². The largest absolute Gasteiger partial charge is 0.437 e. The molecule has 4 aromatic rings. The summed E-state index contributed by atoms with van der Waals surface area (Å²) in [6.07, 6.45) is 1.23. The predicted octanol–water partition coefficient (Wildman–Crippen LogP) is 5.90. The van der Waals surface area contributed by atoms with Crippen LogP contribution in [0.15, 0.2) is 72.6 Å². The molecule has 0 bridgehead atoms. The summed E-state index contributed by atoms with van der Waals surface area (Å²) in [4.78, 5) is 23.3. The molecule has 3 heterocycles. The number of thiophene rings is 1. The van der Waals surface area contributed by atoms with E-state index in [9.17, 15) is 4.79 Å². The Balaban J connectivity index is 1.36. The van der Waals surface area contributed by atoms with E-state index >= 15 is 0 Å². The average molecular weight is 490 g/mol. The summed E-state index contributed by atoms with van der Waals surface area (Å²) in [6, 6.07) is 17.4. The first-order chi connectivity index (χ1) is 16.7. The average Bonchev–Trinajstić information content (AvgIpc) is 3.34. The third kappa shape index (κ3) is 5.16. The first-order valence-corrected chi connectivity index (χ1v) is 12.9. The van der Waals surface area contributed by atoms with Gasteiger partial charge in [0.25, 0.3) is 0 Å². The van der Waals surface area contributed by atoms with Crippen molar-refractivity contribution in [3.05, 3.63) is 72.6 Å². The van der Waals surface area contributed by atoms with Gasteiger partial charge in [-0.2, -0.15) is 16.7 Å². The molecule has 0 saturated carbocycles. The molecule has 7 nitrogen and oxygen atoms in total. The van der Waals surface area contributed by atoms with Gasteiger partial charge in [-0.1, -0.05) is 12.6 Å². The molecule has 5 rings (SSSR count). The second kappa shape index (κ2) is 10.1. The number of aromatic nitrogens is 2. The molecule has 0 spiro atoms. The van der Waals surface area contributed by atoms with Gasteiger partial charge in [-0.05, 0) is 53.9 Å². The van der Waals surface area contributed by atoms with Gasteiger partial charge in [-0.25, -0.2) is 4.98 Å². The minimum absolute atomic E-state index is 0.281. The van der Waals surface area contributed by atoms with Gasteiger partial charge < -0.3 is 20.3 Å². The Labute approximate surface area is 205 Å². The molecule has 172 valence electrons. The van der Waals surface area contributed by atoms with Crippen LogP contribution in [0.5, 0.6) is 11.6 Å². The number of carbonyl (C=O) groups excluding carboxylic acids is 1. The molecule has 34 heavy (non-hydrogen) atoms. The van der Waals surface area contributed by atoms with Crippen LogP contribution >= 0.6 is 23.1 Å².